The second kappa shape index (κ2) is 2.29. The number of hydrogen-bond acceptors (Lipinski definition) is 2. The summed E-state index contributed by atoms with van der Waals surface area (Å²) >= 11 is 0. The first-order chi connectivity index (χ1) is 4.20. The largest absolute Gasteiger partial charge is 0.300 e. The van der Waals surface area contributed by atoms with E-state index >= 15 is 0 Å². The van der Waals surface area contributed by atoms with Crippen LogP contribution in [-0.2, 0) is 0 Å². The number of hydrazone groups is 1. The van der Waals surface area contributed by atoms with Crippen molar-refractivity contribution in [3.63, 3.8) is 0 Å². The molecule has 1 unspecified atom stereocenters. The first kappa shape index (κ1) is 6.45. The van der Waals surface area contributed by atoms with Crippen molar-refractivity contribution in [2.45, 2.75) is 6.43 Å². The molecule has 1 aliphatic rings. The van der Waals surface area contributed by atoms with Gasteiger partial charge in [-0.15, -0.1) is 0 Å². The molecule has 0 aromatic carbocycles. The fourth-order valence-corrected chi connectivity index (χ4v) is 0.744. The van der Waals surface area contributed by atoms with Crippen molar-refractivity contribution in [1.82, 2.24) is 5.01 Å². The van der Waals surface area contributed by atoms with Gasteiger partial charge in [-0.05, 0) is 0 Å². The molecule has 0 N–H and O–H groups in total. The molecule has 0 radical (unpaired) electrons. The highest BCUT2D eigenvalue weighted by Crippen LogP contribution is 2.13. The highest BCUT2D eigenvalue weighted by Gasteiger charge is 2.23. The maximum absolute atomic E-state index is 11.8. The molecule has 0 amide bonds. The summed E-state index contributed by atoms with van der Waals surface area (Å²) in [6.07, 6.45) is -0.969. The molecule has 0 fully saturated rings. The van der Waals surface area contributed by atoms with E-state index in [-0.39, 0.29) is 0 Å². The molecule has 0 bridgehead atoms. The maximum Gasteiger partial charge on any atom is 0.248 e. The predicted octanol–water partition coefficient (Wildman–Crippen LogP) is 0.799. The molecule has 0 aromatic heterocycles. The lowest BCUT2D eigenvalue weighted by molar-refractivity contribution is 0.103. The Morgan fingerprint density at radius 1 is 1.78 bits per heavy atom. The normalized spacial score (nSPS) is 26.2. The Bertz CT molecular complexity index is 124. The van der Waals surface area contributed by atoms with Crippen LogP contribution in [0.5, 0.6) is 0 Å². The maximum atomic E-state index is 11.8. The molecule has 9 heavy (non-hydrogen) atoms. The lowest BCUT2D eigenvalue weighted by Crippen LogP contribution is -2.19. The zero-order valence-corrected chi connectivity index (χ0v) is 5.09. The summed E-state index contributed by atoms with van der Waals surface area (Å²) in [7, 11) is 1.68. The van der Waals surface area contributed by atoms with E-state index in [4.69, 9.17) is 0 Å². The van der Waals surface area contributed by atoms with Crippen LogP contribution in [0.3, 0.4) is 0 Å². The van der Waals surface area contributed by atoms with Gasteiger partial charge in [0.1, 0.15) is 0 Å². The molecule has 1 atom stereocenters. The number of alkyl halides is 2. The molecule has 1 rings (SSSR count). The standard InChI is InChI=1S/C5H8F2N2/c1-9-3-4(2-8-9)5(6)7/h2,4-5H,3H2,1H3. The third-order valence-electron chi connectivity index (χ3n) is 1.25. The van der Waals surface area contributed by atoms with Crippen LogP contribution in [0.15, 0.2) is 5.10 Å². The van der Waals surface area contributed by atoms with Gasteiger partial charge in [0, 0.05) is 19.8 Å². The first-order valence-electron chi connectivity index (χ1n) is 2.73. The van der Waals surface area contributed by atoms with Gasteiger partial charge in [0.2, 0.25) is 6.43 Å². The lowest BCUT2D eigenvalue weighted by Gasteiger charge is -2.07. The van der Waals surface area contributed by atoms with Gasteiger partial charge in [0.15, 0.2) is 0 Å². The molecule has 52 valence electrons. The number of hydrogen-bond donors (Lipinski definition) is 0. The number of halogens is 2. The molecule has 4 heteroatoms. The summed E-state index contributed by atoms with van der Waals surface area (Å²) < 4.78 is 23.6. The van der Waals surface area contributed by atoms with Gasteiger partial charge in [0.25, 0.3) is 0 Å². The van der Waals surface area contributed by atoms with Crippen molar-refractivity contribution in [2.24, 2.45) is 11.0 Å². The molecule has 1 heterocycles. The zero-order chi connectivity index (χ0) is 6.85. The Labute approximate surface area is 52.1 Å². The zero-order valence-electron chi connectivity index (χ0n) is 5.09. The summed E-state index contributed by atoms with van der Waals surface area (Å²) in [5.74, 6) is -0.657. The molecule has 0 aromatic rings. The van der Waals surface area contributed by atoms with E-state index in [1.807, 2.05) is 0 Å². The van der Waals surface area contributed by atoms with Gasteiger partial charge >= 0.3 is 0 Å². The third-order valence-corrected chi connectivity index (χ3v) is 1.25. The molecular formula is C5H8F2N2. The molecule has 0 saturated heterocycles. The van der Waals surface area contributed by atoms with E-state index in [2.05, 4.69) is 5.10 Å². The minimum absolute atomic E-state index is 0.345. The van der Waals surface area contributed by atoms with Gasteiger partial charge < -0.3 is 0 Å². The first-order valence-corrected chi connectivity index (χ1v) is 2.73. The van der Waals surface area contributed by atoms with Crippen molar-refractivity contribution in [3.8, 4) is 0 Å². The highest BCUT2D eigenvalue weighted by atomic mass is 19.3. The van der Waals surface area contributed by atoms with E-state index < -0.39 is 12.3 Å². The third kappa shape index (κ3) is 1.37. The van der Waals surface area contributed by atoms with Crippen LogP contribution < -0.4 is 0 Å². The molecule has 1 aliphatic heterocycles. The smallest absolute Gasteiger partial charge is 0.248 e. The van der Waals surface area contributed by atoms with E-state index in [1.165, 1.54) is 11.2 Å². The average molecular weight is 134 g/mol. The Hall–Kier alpha value is -0.670. The van der Waals surface area contributed by atoms with Crippen LogP contribution in [0.4, 0.5) is 8.78 Å². The van der Waals surface area contributed by atoms with Gasteiger partial charge in [-0.25, -0.2) is 8.78 Å². The fraction of sp³-hybridized carbons (Fsp3) is 0.800. The summed E-state index contributed by atoms with van der Waals surface area (Å²) in [5.41, 5.74) is 0. The van der Waals surface area contributed by atoms with Crippen molar-refractivity contribution < 1.29 is 8.78 Å². The number of nitrogens with zero attached hydrogens (tertiary/aromatic N) is 2. The van der Waals surface area contributed by atoms with Crippen molar-refractivity contribution in [2.75, 3.05) is 13.6 Å². The van der Waals surface area contributed by atoms with Gasteiger partial charge in [0.05, 0.1) is 5.92 Å². The Morgan fingerprint density at radius 2 is 2.44 bits per heavy atom. The fourth-order valence-electron chi connectivity index (χ4n) is 0.744. The van der Waals surface area contributed by atoms with E-state index in [1.54, 1.807) is 7.05 Å². The van der Waals surface area contributed by atoms with Crippen LogP contribution >= 0.6 is 0 Å². The Balaban J connectivity index is 2.41. The van der Waals surface area contributed by atoms with Gasteiger partial charge in [-0.1, -0.05) is 0 Å². The van der Waals surface area contributed by atoms with Crippen molar-refractivity contribution in [3.05, 3.63) is 0 Å². The summed E-state index contributed by atoms with van der Waals surface area (Å²) in [6.45, 7) is 0.345. The van der Waals surface area contributed by atoms with Crippen LogP contribution in [0, 0.1) is 5.92 Å². The van der Waals surface area contributed by atoms with Crippen LogP contribution in [-0.4, -0.2) is 31.2 Å². The molecule has 0 saturated carbocycles. The Morgan fingerprint density at radius 3 is 2.67 bits per heavy atom. The Kier molecular flexibility index (Phi) is 1.64. The monoisotopic (exact) mass is 134 g/mol. The highest BCUT2D eigenvalue weighted by molar-refractivity contribution is 5.62. The quantitative estimate of drug-likeness (QED) is 0.518. The van der Waals surface area contributed by atoms with E-state index in [0.717, 1.165) is 0 Å². The van der Waals surface area contributed by atoms with Gasteiger partial charge in [-0.3, -0.25) is 5.01 Å². The van der Waals surface area contributed by atoms with E-state index in [9.17, 15) is 8.78 Å². The molecule has 0 aliphatic carbocycles. The second-order valence-electron chi connectivity index (χ2n) is 2.10. The van der Waals surface area contributed by atoms with E-state index in [0.29, 0.717) is 6.54 Å². The van der Waals surface area contributed by atoms with Crippen molar-refractivity contribution >= 4 is 6.21 Å². The summed E-state index contributed by atoms with van der Waals surface area (Å²) in [5, 5.41) is 5.18. The SMILES string of the molecule is CN1CC(C(F)F)C=N1. The molecule has 0 spiro atoms. The van der Waals surface area contributed by atoms with Crippen LogP contribution in [0.2, 0.25) is 0 Å². The summed E-state index contributed by atoms with van der Waals surface area (Å²) in [4.78, 5) is 0. The summed E-state index contributed by atoms with van der Waals surface area (Å²) in [6, 6.07) is 0. The minimum atomic E-state index is -2.27. The number of rotatable bonds is 1. The second-order valence-corrected chi connectivity index (χ2v) is 2.10. The lowest BCUT2D eigenvalue weighted by atomic mass is 10.2. The van der Waals surface area contributed by atoms with Crippen LogP contribution in [0.25, 0.3) is 0 Å². The van der Waals surface area contributed by atoms with Gasteiger partial charge in [-0.2, -0.15) is 5.10 Å². The molecule has 2 nitrogen and oxygen atoms in total. The molecular weight excluding hydrogens is 126 g/mol. The van der Waals surface area contributed by atoms with Crippen molar-refractivity contribution in [1.29, 1.82) is 0 Å². The topological polar surface area (TPSA) is 15.6 Å². The predicted molar refractivity (Wildman–Crippen MR) is 30.6 cm³/mol. The van der Waals surface area contributed by atoms with Crippen LogP contribution in [0.1, 0.15) is 0 Å². The average Bonchev–Trinajstić information content (AvgIpc) is 2.14. The minimum Gasteiger partial charge on any atom is -0.300 e.